The lowest BCUT2D eigenvalue weighted by molar-refractivity contribution is 0.298. The van der Waals surface area contributed by atoms with Gasteiger partial charge in [0.2, 0.25) is 0 Å². The molecule has 0 bridgehead atoms. The van der Waals surface area contributed by atoms with Crippen LogP contribution in [0.4, 0.5) is 0 Å². The average molecular weight is 193 g/mol. The number of nitrogens with zero attached hydrogens (tertiary/aromatic N) is 2. The smallest absolute Gasteiger partial charge is 0.0954 e. The van der Waals surface area contributed by atoms with Crippen LogP contribution in [0.3, 0.4) is 0 Å². The van der Waals surface area contributed by atoms with Crippen molar-refractivity contribution >= 4 is 0 Å². The summed E-state index contributed by atoms with van der Waals surface area (Å²) in [5.41, 5.74) is 2.47. The standard InChI is InChI=1S/C11H19N3/c1-8-4-11(6-12-5-8)14-7-13-9(2)10(14)3/h7-8,11-12H,4-6H2,1-3H3. The van der Waals surface area contributed by atoms with Gasteiger partial charge in [0.25, 0.3) is 0 Å². The molecule has 2 heterocycles. The lowest BCUT2D eigenvalue weighted by Gasteiger charge is -2.29. The van der Waals surface area contributed by atoms with Gasteiger partial charge in [-0.2, -0.15) is 0 Å². The number of hydrogen-bond acceptors (Lipinski definition) is 2. The molecule has 0 amide bonds. The summed E-state index contributed by atoms with van der Waals surface area (Å²) in [6, 6.07) is 0.597. The molecule has 0 aliphatic carbocycles. The van der Waals surface area contributed by atoms with Crippen LogP contribution < -0.4 is 5.32 Å². The first-order chi connectivity index (χ1) is 6.68. The van der Waals surface area contributed by atoms with Crippen molar-refractivity contribution < 1.29 is 0 Å². The van der Waals surface area contributed by atoms with Gasteiger partial charge in [-0.1, -0.05) is 6.92 Å². The minimum absolute atomic E-state index is 0.597. The van der Waals surface area contributed by atoms with E-state index >= 15 is 0 Å². The first-order valence-corrected chi connectivity index (χ1v) is 5.39. The molecule has 2 unspecified atom stereocenters. The Morgan fingerprint density at radius 3 is 2.79 bits per heavy atom. The summed E-state index contributed by atoms with van der Waals surface area (Å²) in [5, 5.41) is 3.47. The van der Waals surface area contributed by atoms with Crippen LogP contribution in [0, 0.1) is 19.8 Å². The third-order valence-corrected chi connectivity index (χ3v) is 3.23. The molecule has 2 rings (SSSR count). The normalized spacial score (nSPS) is 27.9. The molecule has 0 radical (unpaired) electrons. The van der Waals surface area contributed by atoms with Crippen molar-refractivity contribution in [2.24, 2.45) is 5.92 Å². The second-order valence-electron chi connectivity index (χ2n) is 4.48. The molecule has 1 aliphatic rings. The Labute approximate surface area is 85.5 Å². The highest BCUT2D eigenvalue weighted by Gasteiger charge is 2.21. The van der Waals surface area contributed by atoms with Crippen LogP contribution in [0.15, 0.2) is 6.33 Å². The number of piperidine rings is 1. The molecule has 3 heteroatoms. The Balaban J connectivity index is 2.18. The molecule has 0 spiro atoms. The SMILES string of the molecule is Cc1ncn(C2CNCC(C)C2)c1C. The maximum Gasteiger partial charge on any atom is 0.0954 e. The molecule has 3 nitrogen and oxygen atoms in total. The molecule has 1 saturated heterocycles. The van der Waals surface area contributed by atoms with E-state index in [1.165, 1.54) is 12.1 Å². The summed E-state index contributed by atoms with van der Waals surface area (Å²) in [6.07, 6.45) is 3.25. The van der Waals surface area contributed by atoms with Crippen LogP contribution in [-0.4, -0.2) is 22.6 Å². The zero-order valence-electron chi connectivity index (χ0n) is 9.25. The lowest BCUT2D eigenvalue weighted by atomic mass is 9.97. The fourth-order valence-corrected chi connectivity index (χ4v) is 2.22. The van der Waals surface area contributed by atoms with Crippen LogP contribution in [-0.2, 0) is 0 Å². The molecule has 0 aromatic carbocycles. The van der Waals surface area contributed by atoms with Crippen LogP contribution >= 0.6 is 0 Å². The van der Waals surface area contributed by atoms with E-state index in [0.717, 1.165) is 24.7 Å². The molecule has 1 N–H and O–H groups in total. The van der Waals surface area contributed by atoms with Crippen LogP contribution in [0.5, 0.6) is 0 Å². The van der Waals surface area contributed by atoms with Crippen molar-refractivity contribution in [3.63, 3.8) is 0 Å². The van der Waals surface area contributed by atoms with Gasteiger partial charge in [-0.3, -0.25) is 0 Å². The summed E-state index contributed by atoms with van der Waals surface area (Å²) in [4.78, 5) is 4.35. The number of aryl methyl sites for hydroxylation is 1. The summed E-state index contributed by atoms with van der Waals surface area (Å²) in [5.74, 6) is 0.774. The van der Waals surface area contributed by atoms with Gasteiger partial charge in [0.05, 0.1) is 12.0 Å². The van der Waals surface area contributed by atoms with Crippen molar-refractivity contribution in [1.82, 2.24) is 14.9 Å². The third-order valence-electron chi connectivity index (χ3n) is 3.23. The predicted octanol–water partition coefficient (Wildman–Crippen LogP) is 1.67. The maximum atomic E-state index is 4.35. The topological polar surface area (TPSA) is 29.9 Å². The average Bonchev–Trinajstić information content (AvgIpc) is 2.48. The van der Waals surface area contributed by atoms with Gasteiger partial charge in [0.1, 0.15) is 0 Å². The zero-order valence-corrected chi connectivity index (χ0v) is 9.25. The quantitative estimate of drug-likeness (QED) is 0.735. The Bertz CT molecular complexity index is 316. The van der Waals surface area contributed by atoms with Gasteiger partial charge in [0, 0.05) is 18.3 Å². The Morgan fingerprint density at radius 2 is 2.21 bits per heavy atom. The fourth-order valence-electron chi connectivity index (χ4n) is 2.22. The van der Waals surface area contributed by atoms with E-state index in [1.807, 2.05) is 6.33 Å². The van der Waals surface area contributed by atoms with Crippen molar-refractivity contribution in [2.75, 3.05) is 13.1 Å². The van der Waals surface area contributed by atoms with E-state index in [0.29, 0.717) is 6.04 Å². The number of aromatic nitrogens is 2. The van der Waals surface area contributed by atoms with Crippen LogP contribution in [0.25, 0.3) is 0 Å². The zero-order chi connectivity index (χ0) is 10.1. The summed E-state index contributed by atoms with van der Waals surface area (Å²) >= 11 is 0. The van der Waals surface area contributed by atoms with Crippen molar-refractivity contribution in [2.45, 2.75) is 33.2 Å². The van der Waals surface area contributed by atoms with Gasteiger partial charge < -0.3 is 9.88 Å². The van der Waals surface area contributed by atoms with Gasteiger partial charge in [-0.05, 0) is 32.7 Å². The second kappa shape index (κ2) is 3.73. The first kappa shape index (κ1) is 9.71. The highest BCUT2D eigenvalue weighted by molar-refractivity contribution is 5.10. The van der Waals surface area contributed by atoms with Gasteiger partial charge in [-0.25, -0.2) is 4.98 Å². The van der Waals surface area contributed by atoms with Gasteiger partial charge >= 0.3 is 0 Å². The van der Waals surface area contributed by atoms with Gasteiger partial charge in [0.15, 0.2) is 0 Å². The summed E-state index contributed by atoms with van der Waals surface area (Å²) < 4.78 is 2.32. The van der Waals surface area contributed by atoms with E-state index < -0.39 is 0 Å². The minimum Gasteiger partial charge on any atom is -0.330 e. The lowest BCUT2D eigenvalue weighted by Crippen LogP contribution is -2.36. The summed E-state index contributed by atoms with van der Waals surface area (Å²) in [7, 11) is 0. The maximum absolute atomic E-state index is 4.35. The molecular formula is C11H19N3. The van der Waals surface area contributed by atoms with Crippen molar-refractivity contribution in [3.05, 3.63) is 17.7 Å². The number of nitrogens with one attached hydrogen (secondary N) is 1. The molecule has 2 atom stereocenters. The number of rotatable bonds is 1. The molecule has 14 heavy (non-hydrogen) atoms. The van der Waals surface area contributed by atoms with E-state index in [2.05, 4.69) is 35.6 Å². The summed E-state index contributed by atoms with van der Waals surface area (Å²) in [6.45, 7) is 8.77. The fraction of sp³-hybridized carbons (Fsp3) is 0.727. The third kappa shape index (κ3) is 1.69. The molecule has 1 aromatic rings. The highest BCUT2D eigenvalue weighted by atomic mass is 15.1. The van der Waals surface area contributed by atoms with Crippen LogP contribution in [0.1, 0.15) is 30.8 Å². The van der Waals surface area contributed by atoms with Crippen molar-refractivity contribution in [1.29, 1.82) is 0 Å². The highest BCUT2D eigenvalue weighted by Crippen LogP contribution is 2.22. The predicted molar refractivity (Wildman–Crippen MR) is 57.4 cm³/mol. The molecule has 78 valence electrons. The minimum atomic E-state index is 0.597. The van der Waals surface area contributed by atoms with E-state index in [-0.39, 0.29) is 0 Å². The van der Waals surface area contributed by atoms with Crippen molar-refractivity contribution in [3.8, 4) is 0 Å². The number of imidazole rings is 1. The Kier molecular flexibility index (Phi) is 2.59. The number of hydrogen-bond donors (Lipinski definition) is 1. The van der Waals surface area contributed by atoms with Gasteiger partial charge in [-0.15, -0.1) is 0 Å². The van der Waals surface area contributed by atoms with E-state index in [4.69, 9.17) is 0 Å². The van der Waals surface area contributed by atoms with E-state index in [9.17, 15) is 0 Å². The van der Waals surface area contributed by atoms with Crippen LogP contribution in [0.2, 0.25) is 0 Å². The second-order valence-corrected chi connectivity index (χ2v) is 4.48. The molecular weight excluding hydrogens is 174 g/mol. The largest absolute Gasteiger partial charge is 0.330 e. The molecule has 1 aromatic heterocycles. The molecule has 1 aliphatic heterocycles. The Hall–Kier alpha value is -0.830. The first-order valence-electron chi connectivity index (χ1n) is 5.39. The monoisotopic (exact) mass is 193 g/mol. The molecule has 0 saturated carbocycles. The molecule has 1 fully saturated rings. The Morgan fingerprint density at radius 1 is 1.43 bits per heavy atom. The van der Waals surface area contributed by atoms with E-state index in [1.54, 1.807) is 0 Å².